The van der Waals surface area contributed by atoms with Gasteiger partial charge in [0.15, 0.2) is 0 Å². The molecule has 2 heterocycles. The van der Waals surface area contributed by atoms with E-state index in [1.807, 2.05) is 25.9 Å². The van der Waals surface area contributed by atoms with Gasteiger partial charge in [-0.1, -0.05) is 11.6 Å². The van der Waals surface area contributed by atoms with Crippen molar-refractivity contribution in [3.05, 3.63) is 76.7 Å². The average Bonchev–Trinajstić information content (AvgIpc) is 3.01. The highest BCUT2D eigenvalue weighted by Gasteiger charge is 2.16. The first-order chi connectivity index (χ1) is 21.2. The Morgan fingerprint density at radius 1 is 1.05 bits per heavy atom. The normalized spacial score (nSPS) is 10.8. The number of aromatic nitrogens is 2. The molecule has 44 heavy (non-hydrogen) atoms. The number of nitriles is 1. The highest BCUT2D eigenvalue weighted by atomic mass is 35.5. The minimum absolute atomic E-state index is 0.132. The second kappa shape index (κ2) is 15.0. The lowest BCUT2D eigenvalue weighted by atomic mass is 10.1. The van der Waals surface area contributed by atoms with Gasteiger partial charge in [0.05, 0.1) is 52.5 Å². The van der Waals surface area contributed by atoms with Crippen LogP contribution in [-0.4, -0.2) is 61.1 Å². The number of amides is 1. The van der Waals surface area contributed by atoms with Gasteiger partial charge in [0.1, 0.15) is 24.2 Å². The molecule has 4 rings (SSSR count). The van der Waals surface area contributed by atoms with Crippen molar-refractivity contribution in [3.8, 4) is 17.6 Å². The number of carbonyl (C=O) groups excluding carboxylic acids is 2. The Balaban J connectivity index is 1.57. The van der Waals surface area contributed by atoms with E-state index in [2.05, 4.69) is 31.4 Å². The number of hydrogen-bond acceptors (Lipinski definition) is 10. The molecule has 11 nitrogen and oxygen atoms in total. The molecule has 0 aliphatic rings. The molecular weight excluding hydrogens is 584 g/mol. The number of hydrogen-bond donors (Lipinski definition) is 2. The van der Waals surface area contributed by atoms with Crippen molar-refractivity contribution >= 4 is 51.4 Å². The third-order valence-corrected chi connectivity index (χ3v) is 6.79. The van der Waals surface area contributed by atoms with Crippen LogP contribution in [0.3, 0.4) is 0 Å². The highest BCUT2D eigenvalue weighted by Crippen LogP contribution is 2.37. The van der Waals surface area contributed by atoms with Crippen LogP contribution in [0, 0.1) is 11.3 Å². The molecule has 228 valence electrons. The molecule has 0 aliphatic heterocycles. The summed E-state index contributed by atoms with van der Waals surface area (Å²) in [6.45, 7) is 3.19. The van der Waals surface area contributed by atoms with Crippen LogP contribution in [0.15, 0.2) is 54.9 Å². The molecular formula is C32H33ClN6O5. The molecule has 0 unspecified atom stereocenters. The summed E-state index contributed by atoms with van der Waals surface area (Å²) in [5, 5.41) is 17.1. The molecule has 4 aromatic rings. The molecule has 0 radical (unpaired) electrons. The number of esters is 1. The monoisotopic (exact) mass is 616 g/mol. The van der Waals surface area contributed by atoms with E-state index >= 15 is 0 Å². The number of nitrogens with one attached hydrogen (secondary N) is 2. The number of fused-ring (bicyclic) bond motifs is 1. The van der Waals surface area contributed by atoms with Crippen molar-refractivity contribution in [2.75, 3.05) is 45.0 Å². The lowest BCUT2D eigenvalue weighted by Gasteiger charge is -2.17. The predicted octanol–water partition coefficient (Wildman–Crippen LogP) is 5.94. The third kappa shape index (κ3) is 8.12. The molecule has 0 saturated heterocycles. The van der Waals surface area contributed by atoms with Crippen molar-refractivity contribution in [1.29, 1.82) is 5.26 Å². The quantitative estimate of drug-likeness (QED) is 0.173. The first-order valence-electron chi connectivity index (χ1n) is 13.9. The topological polar surface area (TPSA) is 139 Å². The van der Waals surface area contributed by atoms with Crippen LogP contribution in [0.1, 0.15) is 41.4 Å². The molecule has 0 bridgehead atoms. The van der Waals surface area contributed by atoms with Crippen LogP contribution in [-0.2, 0) is 16.1 Å². The van der Waals surface area contributed by atoms with Gasteiger partial charge >= 0.3 is 5.97 Å². The van der Waals surface area contributed by atoms with E-state index in [1.165, 1.54) is 19.5 Å². The van der Waals surface area contributed by atoms with Gasteiger partial charge in [-0.15, -0.1) is 0 Å². The Morgan fingerprint density at radius 2 is 1.86 bits per heavy atom. The van der Waals surface area contributed by atoms with Crippen molar-refractivity contribution in [3.63, 3.8) is 0 Å². The zero-order valence-electron chi connectivity index (χ0n) is 24.9. The zero-order chi connectivity index (χ0) is 31.6. The third-order valence-electron chi connectivity index (χ3n) is 6.50. The number of pyridine rings is 2. The van der Waals surface area contributed by atoms with Gasteiger partial charge in [0.2, 0.25) is 5.91 Å². The van der Waals surface area contributed by atoms with Gasteiger partial charge in [-0.3, -0.25) is 14.8 Å². The fraction of sp³-hybridized carbons (Fsp3) is 0.281. The number of rotatable bonds is 13. The molecule has 2 aromatic heterocycles. The van der Waals surface area contributed by atoms with E-state index in [9.17, 15) is 14.9 Å². The number of carbonyl (C=O) groups is 2. The van der Waals surface area contributed by atoms with Crippen LogP contribution in [0.25, 0.3) is 10.9 Å². The maximum absolute atomic E-state index is 12.7. The number of ether oxygens (including phenoxy) is 3. The highest BCUT2D eigenvalue weighted by molar-refractivity contribution is 6.32. The Labute approximate surface area is 260 Å². The Kier molecular flexibility index (Phi) is 10.9. The van der Waals surface area contributed by atoms with E-state index in [0.29, 0.717) is 80.8 Å². The fourth-order valence-electron chi connectivity index (χ4n) is 4.32. The fourth-order valence-corrected chi connectivity index (χ4v) is 4.56. The Hall–Kier alpha value is -4.92. The summed E-state index contributed by atoms with van der Waals surface area (Å²) in [7, 11) is 5.23. The first-order valence-corrected chi connectivity index (χ1v) is 14.3. The molecule has 0 aliphatic carbocycles. The van der Waals surface area contributed by atoms with E-state index in [-0.39, 0.29) is 12.5 Å². The predicted molar refractivity (Wildman–Crippen MR) is 169 cm³/mol. The maximum atomic E-state index is 12.7. The molecule has 12 heteroatoms. The molecule has 0 fully saturated rings. The van der Waals surface area contributed by atoms with E-state index < -0.39 is 5.97 Å². The van der Waals surface area contributed by atoms with E-state index in [1.54, 1.807) is 42.5 Å². The van der Waals surface area contributed by atoms with Crippen LogP contribution >= 0.6 is 11.6 Å². The van der Waals surface area contributed by atoms with Crippen LogP contribution in [0.2, 0.25) is 5.02 Å². The number of benzene rings is 2. The standard InChI is InChI=1S/C32H33ClN6O5/c1-5-43-29-15-26-24(14-27(29)38-30(40)7-6-12-39(2)3)31(21(16-34)18-36-26)37-22-10-11-28(25(33)13-22)44-19-23-9-8-20(17-35-23)32(41)42-4/h8-11,13-15,17-18H,5-7,12,19H2,1-4H3,(H,36,37)(H,38,40). The Morgan fingerprint density at radius 3 is 2.52 bits per heavy atom. The maximum Gasteiger partial charge on any atom is 0.339 e. The lowest BCUT2D eigenvalue weighted by molar-refractivity contribution is -0.116. The van der Waals surface area contributed by atoms with Gasteiger partial charge in [-0.05, 0) is 70.4 Å². The number of anilines is 3. The number of halogens is 1. The smallest absolute Gasteiger partial charge is 0.339 e. The van der Waals surface area contributed by atoms with Gasteiger partial charge in [0, 0.05) is 36.0 Å². The molecule has 2 aromatic carbocycles. The summed E-state index contributed by atoms with van der Waals surface area (Å²) in [6.07, 6.45) is 3.97. The van der Waals surface area contributed by atoms with Gasteiger partial charge < -0.3 is 29.7 Å². The van der Waals surface area contributed by atoms with Crippen molar-refractivity contribution in [2.45, 2.75) is 26.4 Å². The summed E-state index contributed by atoms with van der Waals surface area (Å²) in [5.41, 5.74) is 3.43. The van der Waals surface area contributed by atoms with Crippen LogP contribution in [0.4, 0.5) is 17.1 Å². The zero-order valence-corrected chi connectivity index (χ0v) is 25.7. The summed E-state index contributed by atoms with van der Waals surface area (Å²) < 4.78 is 16.3. The molecule has 0 atom stereocenters. The first kappa shape index (κ1) is 32.0. The summed E-state index contributed by atoms with van der Waals surface area (Å²) in [4.78, 5) is 35.1. The average molecular weight is 617 g/mol. The van der Waals surface area contributed by atoms with Crippen LogP contribution in [0.5, 0.6) is 11.5 Å². The molecule has 2 N–H and O–H groups in total. The molecule has 0 spiro atoms. The molecule has 0 saturated carbocycles. The second-order valence-electron chi connectivity index (χ2n) is 10.0. The Bertz CT molecular complexity index is 1690. The van der Waals surface area contributed by atoms with Crippen LogP contribution < -0.4 is 20.1 Å². The number of methoxy groups -OCH3 is 1. The van der Waals surface area contributed by atoms with E-state index in [4.69, 9.17) is 21.1 Å². The summed E-state index contributed by atoms with van der Waals surface area (Å²) >= 11 is 6.55. The minimum atomic E-state index is -0.469. The lowest BCUT2D eigenvalue weighted by Crippen LogP contribution is -2.17. The van der Waals surface area contributed by atoms with Gasteiger partial charge in [-0.2, -0.15) is 5.26 Å². The summed E-state index contributed by atoms with van der Waals surface area (Å²) in [5.74, 6) is 0.312. The van der Waals surface area contributed by atoms with E-state index in [0.717, 1.165) is 6.54 Å². The van der Waals surface area contributed by atoms with Gasteiger partial charge in [-0.25, -0.2) is 4.79 Å². The molecule has 1 amide bonds. The van der Waals surface area contributed by atoms with Crippen molar-refractivity contribution in [2.24, 2.45) is 0 Å². The second-order valence-corrected chi connectivity index (χ2v) is 10.4. The summed E-state index contributed by atoms with van der Waals surface area (Å²) in [6, 6.07) is 14.1. The van der Waals surface area contributed by atoms with Gasteiger partial charge in [0.25, 0.3) is 0 Å². The van der Waals surface area contributed by atoms with Crippen molar-refractivity contribution in [1.82, 2.24) is 14.9 Å². The minimum Gasteiger partial charge on any atom is -0.492 e. The van der Waals surface area contributed by atoms with Crippen molar-refractivity contribution < 1.29 is 23.8 Å². The SMILES string of the molecule is CCOc1cc2ncc(C#N)c(Nc3ccc(OCc4ccc(C(=O)OC)cn4)c(Cl)c3)c2cc1NC(=O)CCCN(C)C. The number of nitrogens with zero attached hydrogens (tertiary/aromatic N) is 4. The largest absolute Gasteiger partial charge is 0.492 e.